The molecule has 8 heteroatoms. The smallest absolute Gasteiger partial charge is 0.372 e. The molecule has 1 heterocycles. The molecule has 0 aliphatic carbocycles. The number of rotatable bonds is 4. The number of aryl methyl sites for hydroxylation is 2. The monoisotopic (exact) mass is 360 g/mol. The summed E-state index contributed by atoms with van der Waals surface area (Å²) in [6, 6.07) is 11.0. The largest absolute Gasteiger partial charge is 0.422 e. The number of para-hydroxylation sites is 1. The number of fused-ring (bicyclic) bond motifs is 1. The quantitative estimate of drug-likeness (QED) is 0.768. The van der Waals surface area contributed by atoms with Gasteiger partial charge < -0.3 is 4.42 Å². The molecule has 0 saturated heterocycles. The van der Waals surface area contributed by atoms with Crippen molar-refractivity contribution >= 4 is 26.6 Å². The van der Waals surface area contributed by atoms with Gasteiger partial charge in [0.25, 0.3) is 10.0 Å². The summed E-state index contributed by atoms with van der Waals surface area (Å²) in [7, 11) is -3.89. The summed E-state index contributed by atoms with van der Waals surface area (Å²) in [5.41, 5.74) is 0.690. The van der Waals surface area contributed by atoms with Gasteiger partial charge in [0.15, 0.2) is 0 Å². The number of hydrogen-bond acceptors (Lipinski definition) is 5. The molecule has 130 valence electrons. The Balaban J connectivity index is 2.15. The zero-order valence-electron chi connectivity index (χ0n) is 13.6. The van der Waals surface area contributed by atoms with Crippen molar-refractivity contribution in [2.24, 2.45) is 0 Å². The molecule has 0 fully saturated rings. The van der Waals surface area contributed by atoms with Gasteiger partial charge in [-0.15, -0.1) is 0 Å². The van der Waals surface area contributed by atoms with Gasteiger partial charge in [0.05, 0.1) is 21.5 Å². The van der Waals surface area contributed by atoms with Gasteiger partial charge in [-0.3, -0.25) is 9.29 Å². The fourth-order valence-electron chi connectivity index (χ4n) is 2.56. The molecule has 2 aromatic carbocycles. The number of aromatic nitrogens is 1. The highest BCUT2D eigenvalue weighted by Crippen LogP contribution is 2.21. The van der Waals surface area contributed by atoms with Gasteiger partial charge in [0.2, 0.25) is 0 Å². The van der Waals surface area contributed by atoms with Crippen LogP contribution in [0.1, 0.15) is 12.5 Å². The van der Waals surface area contributed by atoms with Crippen molar-refractivity contribution in [1.82, 2.24) is 4.57 Å². The molecule has 0 aliphatic heterocycles. The molecule has 3 aromatic rings. The SMILES string of the molecule is CCn1c(=O)oc(=O)c2cc(S(=O)(=O)Nc3ccccc3C)ccc21. The number of nitrogens with one attached hydrogen (secondary N) is 1. The molecular formula is C17H16N2O5S. The number of sulfonamides is 1. The van der Waals surface area contributed by atoms with E-state index < -0.39 is 21.4 Å². The second kappa shape index (κ2) is 6.21. The van der Waals surface area contributed by atoms with E-state index in [9.17, 15) is 18.0 Å². The average Bonchev–Trinajstić information content (AvgIpc) is 2.57. The summed E-state index contributed by atoms with van der Waals surface area (Å²) in [5.74, 6) is -0.770. The lowest BCUT2D eigenvalue weighted by Gasteiger charge is -2.11. The maximum atomic E-state index is 12.6. The standard InChI is InChI=1S/C17H16N2O5S/c1-3-19-15-9-8-12(10-13(15)16(20)24-17(19)21)25(22,23)18-14-7-5-4-6-11(14)2/h4-10,18H,3H2,1-2H3. The molecular weight excluding hydrogens is 344 g/mol. The highest BCUT2D eigenvalue weighted by atomic mass is 32.2. The highest BCUT2D eigenvalue weighted by Gasteiger charge is 2.18. The Bertz CT molecular complexity index is 1180. The van der Waals surface area contributed by atoms with E-state index in [1.165, 1.54) is 22.8 Å². The van der Waals surface area contributed by atoms with Crippen molar-refractivity contribution < 1.29 is 12.8 Å². The minimum absolute atomic E-state index is 0.0362. The Labute approximate surface area is 143 Å². The lowest BCUT2D eigenvalue weighted by Crippen LogP contribution is -2.24. The van der Waals surface area contributed by atoms with Crippen molar-refractivity contribution in [2.45, 2.75) is 25.3 Å². The van der Waals surface area contributed by atoms with E-state index in [0.29, 0.717) is 17.7 Å². The van der Waals surface area contributed by atoms with Gasteiger partial charge in [-0.1, -0.05) is 18.2 Å². The molecule has 0 amide bonds. The lowest BCUT2D eigenvalue weighted by atomic mass is 10.2. The van der Waals surface area contributed by atoms with Crippen LogP contribution in [0.15, 0.2) is 61.4 Å². The maximum Gasteiger partial charge on any atom is 0.422 e. The van der Waals surface area contributed by atoms with E-state index in [2.05, 4.69) is 9.14 Å². The molecule has 1 N–H and O–H groups in total. The van der Waals surface area contributed by atoms with E-state index >= 15 is 0 Å². The first-order valence-corrected chi connectivity index (χ1v) is 9.08. The van der Waals surface area contributed by atoms with Gasteiger partial charge in [0, 0.05) is 6.54 Å². The minimum atomic E-state index is -3.89. The molecule has 25 heavy (non-hydrogen) atoms. The zero-order valence-corrected chi connectivity index (χ0v) is 14.5. The molecule has 0 radical (unpaired) electrons. The van der Waals surface area contributed by atoms with E-state index in [0.717, 1.165) is 5.56 Å². The van der Waals surface area contributed by atoms with Crippen LogP contribution < -0.4 is 16.1 Å². The van der Waals surface area contributed by atoms with Crippen LogP contribution in [-0.2, 0) is 16.6 Å². The van der Waals surface area contributed by atoms with Gasteiger partial charge >= 0.3 is 11.4 Å². The van der Waals surface area contributed by atoms with Crippen LogP contribution in [0.2, 0.25) is 0 Å². The Kier molecular flexibility index (Phi) is 4.22. The van der Waals surface area contributed by atoms with Crippen LogP contribution in [-0.4, -0.2) is 13.0 Å². The van der Waals surface area contributed by atoms with E-state index in [1.807, 2.05) is 0 Å². The van der Waals surface area contributed by atoms with Crippen molar-refractivity contribution in [3.05, 3.63) is 69.0 Å². The molecule has 0 saturated carbocycles. The third kappa shape index (κ3) is 3.08. The van der Waals surface area contributed by atoms with Crippen LogP contribution in [0.3, 0.4) is 0 Å². The summed E-state index contributed by atoms with van der Waals surface area (Å²) < 4.78 is 33.7. The van der Waals surface area contributed by atoms with Crippen molar-refractivity contribution in [1.29, 1.82) is 0 Å². The van der Waals surface area contributed by atoms with Crippen molar-refractivity contribution in [3.8, 4) is 0 Å². The Morgan fingerprint density at radius 3 is 2.52 bits per heavy atom. The van der Waals surface area contributed by atoms with Crippen molar-refractivity contribution in [2.75, 3.05) is 4.72 Å². The Morgan fingerprint density at radius 1 is 1.12 bits per heavy atom. The summed E-state index contributed by atoms with van der Waals surface area (Å²) in [5, 5.41) is 0.0362. The summed E-state index contributed by atoms with van der Waals surface area (Å²) >= 11 is 0. The van der Waals surface area contributed by atoms with Gasteiger partial charge in [-0.05, 0) is 43.7 Å². The summed E-state index contributed by atoms with van der Waals surface area (Å²) in [4.78, 5) is 23.6. The molecule has 0 bridgehead atoms. The molecule has 0 unspecified atom stereocenters. The number of hydrogen-bond donors (Lipinski definition) is 1. The van der Waals surface area contributed by atoms with Crippen LogP contribution >= 0.6 is 0 Å². The van der Waals surface area contributed by atoms with Crippen LogP contribution in [0, 0.1) is 6.92 Å². The zero-order chi connectivity index (χ0) is 18.2. The van der Waals surface area contributed by atoms with E-state index in [1.54, 1.807) is 38.1 Å². The topological polar surface area (TPSA) is 98.4 Å². The minimum Gasteiger partial charge on any atom is -0.372 e. The highest BCUT2D eigenvalue weighted by molar-refractivity contribution is 7.92. The first-order valence-electron chi connectivity index (χ1n) is 7.59. The molecule has 3 rings (SSSR count). The average molecular weight is 360 g/mol. The van der Waals surface area contributed by atoms with Gasteiger partial charge in [-0.2, -0.15) is 0 Å². The molecule has 0 atom stereocenters. The predicted octanol–water partition coefficient (Wildman–Crippen LogP) is 2.08. The third-order valence-corrected chi connectivity index (χ3v) is 5.26. The number of nitrogens with zero attached hydrogens (tertiary/aromatic N) is 1. The Morgan fingerprint density at radius 2 is 1.84 bits per heavy atom. The predicted molar refractivity (Wildman–Crippen MR) is 94.4 cm³/mol. The molecule has 0 aliphatic rings. The Hall–Kier alpha value is -2.87. The fraction of sp³-hybridized carbons (Fsp3) is 0.176. The third-order valence-electron chi connectivity index (χ3n) is 3.90. The van der Waals surface area contributed by atoms with Crippen molar-refractivity contribution in [3.63, 3.8) is 0 Å². The van der Waals surface area contributed by atoms with E-state index in [-0.39, 0.29) is 10.3 Å². The first-order chi connectivity index (χ1) is 11.8. The summed E-state index contributed by atoms with van der Waals surface area (Å²) in [6.07, 6.45) is 0. The second-order valence-electron chi connectivity index (χ2n) is 5.50. The van der Waals surface area contributed by atoms with Crippen LogP contribution in [0.4, 0.5) is 5.69 Å². The fourth-order valence-corrected chi connectivity index (χ4v) is 3.72. The number of anilines is 1. The van der Waals surface area contributed by atoms with Gasteiger partial charge in [-0.25, -0.2) is 18.0 Å². The molecule has 7 nitrogen and oxygen atoms in total. The van der Waals surface area contributed by atoms with Crippen LogP contribution in [0.25, 0.3) is 10.9 Å². The first kappa shape index (κ1) is 17.0. The lowest BCUT2D eigenvalue weighted by molar-refractivity contribution is 0.421. The molecule has 1 aromatic heterocycles. The summed E-state index contributed by atoms with van der Waals surface area (Å²) in [6.45, 7) is 3.81. The van der Waals surface area contributed by atoms with Crippen LogP contribution in [0.5, 0.6) is 0 Å². The second-order valence-corrected chi connectivity index (χ2v) is 7.18. The normalized spacial score (nSPS) is 11.6. The maximum absolute atomic E-state index is 12.6. The molecule has 0 spiro atoms. The van der Waals surface area contributed by atoms with E-state index in [4.69, 9.17) is 0 Å². The number of benzene rings is 2. The van der Waals surface area contributed by atoms with Gasteiger partial charge in [0.1, 0.15) is 0 Å².